The van der Waals surface area contributed by atoms with Gasteiger partial charge in [0.1, 0.15) is 5.75 Å². The Labute approximate surface area is 174 Å². The Morgan fingerprint density at radius 1 is 1.27 bits per heavy atom. The Kier molecular flexibility index (Phi) is 8.16. The number of hydrogen-bond donors (Lipinski definition) is 2. The predicted molar refractivity (Wildman–Crippen MR) is 112 cm³/mol. The van der Waals surface area contributed by atoms with Gasteiger partial charge in [0, 0.05) is 11.6 Å². The van der Waals surface area contributed by atoms with Crippen LogP contribution in [0.5, 0.6) is 17.2 Å². The van der Waals surface area contributed by atoms with Crippen molar-refractivity contribution in [2.45, 2.75) is 33.1 Å². The summed E-state index contributed by atoms with van der Waals surface area (Å²) >= 11 is 0. The zero-order valence-electron chi connectivity index (χ0n) is 17.1. The molecule has 0 unspecified atom stereocenters. The van der Waals surface area contributed by atoms with Crippen LogP contribution in [-0.4, -0.2) is 35.4 Å². The molecule has 2 aromatic rings. The highest BCUT2D eigenvalue weighted by Gasteiger charge is 2.19. The standard InChI is InChI=1S/C21H25N3O6/c1-4-14(3)16-6-8-17(9-7-16)30-13-20(25)23-22-12-15-10-18(24(27)28)21(26)19(11-15)29-5-2/h6-12,14,26H,4-5,13H2,1-3H3,(H,23,25)/b22-12-/t14-/m0/s1. The summed E-state index contributed by atoms with van der Waals surface area (Å²) in [6.07, 6.45) is 2.25. The van der Waals surface area contributed by atoms with E-state index in [2.05, 4.69) is 24.4 Å². The van der Waals surface area contributed by atoms with Crippen LogP contribution in [0.2, 0.25) is 0 Å². The van der Waals surface area contributed by atoms with E-state index in [1.54, 1.807) is 6.92 Å². The van der Waals surface area contributed by atoms with Gasteiger partial charge in [0.05, 0.1) is 17.7 Å². The Morgan fingerprint density at radius 2 is 1.97 bits per heavy atom. The number of nitrogens with zero attached hydrogens (tertiary/aromatic N) is 2. The molecule has 9 heteroatoms. The molecule has 0 bridgehead atoms. The van der Waals surface area contributed by atoms with Crippen LogP contribution in [-0.2, 0) is 4.79 Å². The van der Waals surface area contributed by atoms with E-state index in [1.165, 1.54) is 17.8 Å². The fraction of sp³-hybridized carbons (Fsp3) is 0.333. The molecule has 0 saturated heterocycles. The summed E-state index contributed by atoms with van der Waals surface area (Å²) in [6.45, 7) is 5.93. The van der Waals surface area contributed by atoms with E-state index < -0.39 is 22.3 Å². The number of benzene rings is 2. The molecule has 0 spiro atoms. The maximum Gasteiger partial charge on any atom is 0.315 e. The Bertz CT molecular complexity index is 912. The molecule has 0 aliphatic heterocycles. The normalized spacial score (nSPS) is 11.8. The summed E-state index contributed by atoms with van der Waals surface area (Å²) in [6, 6.07) is 10.1. The lowest BCUT2D eigenvalue weighted by Gasteiger charge is -2.10. The van der Waals surface area contributed by atoms with Crippen LogP contribution in [0.15, 0.2) is 41.5 Å². The third-order valence-corrected chi connectivity index (χ3v) is 4.41. The summed E-state index contributed by atoms with van der Waals surface area (Å²) in [7, 11) is 0. The van der Waals surface area contributed by atoms with Crippen molar-refractivity contribution >= 4 is 17.8 Å². The first-order chi connectivity index (χ1) is 14.3. The van der Waals surface area contributed by atoms with E-state index in [4.69, 9.17) is 9.47 Å². The third kappa shape index (κ3) is 6.20. The predicted octanol–water partition coefficient (Wildman–Crippen LogP) is 3.74. The minimum absolute atomic E-state index is 0.0383. The van der Waals surface area contributed by atoms with Crippen LogP contribution in [0.4, 0.5) is 5.69 Å². The summed E-state index contributed by atoms with van der Waals surface area (Å²) < 4.78 is 10.6. The second-order valence-corrected chi connectivity index (χ2v) is 6.54. The van der Waals surface area contributed by atoms with Crippen molar-refractivity contribution in [2.24, 2.45) is 5.10 Å². The van der Waals surface area contributed by atoms with Gasteiger partial charge in [0.15, 0.2) is 12.4 Å². The zero-order chi connectivity index (χ0) is 22.1. The molecular formula is C21H25N3O6. The first-order valence-corrected chi connectivity index (χ1v) is 9.54. The van der Waals surface area contributed by atoms with Crippen molar-refractivity contribution in [1.82, 2.24) is 5.43 Å². The van der Waals surface area contributed by atoms with Gasteiger partial charge in [-0.2, -0.15) is 5.10 Å². The number of nitro benzene ring substituents is 1. The van der Waals surface area contributed by atoms with E-state index in [-0.39, 0.29) is 24.5 Å². The van der Waals surface area contributed by atoms with Gasteiger partial charge in [-0.05, 0) is 43.0 Å². The van der Waals surface area contributed by atoms with E-state index >= 15 is 0 Å². The van der Waals surface area contributed by atoms with Gasteiger partial charge in [0.2, 0.25) is 5.75 Å². The topological polar surface area (TPSA) is 123 Å². The molecule has 0 heterocycles. The number of carbonyl (C=O) groups is 1. The van der Waals surface area contributed by atoms with Crippen LogP contribution in [0, 0.1) is 10.1 Å². The number of hydrogen-bond acceptors (Lipinski definition) is 7. The summed E-state index contributed by atoms with van der Waals surface area (Å²) in [5.41, 5.74) is 3.26. The Morgan fingerprint density at radius 3 is 2.57 bits per heavy atom. The molecule has 2 aromatic carbocycles. The van der Waals surface area contributed by atoms with Gasteiger partial charge < -0.3 is 14.6 Å². The highest BCUT2D eigenvalue weighted by atomic mass is 16.6. The van der Waals surface area contributed by atoms with Gasteiger partial charge in [-0.3, -0.25) is 14.9 Å². The van der Waals surface area contributed by atoms with Gasteiger partial charge in [-0.1, -0.05) is 26.0 Å². The highest BCUT2D eigenvalue weighted by Crippen LogP contribution is 2.36. The molecule has 0 fully saturated rings. The molecule has 0 aliphatic carbocycles. The number of ether oxygens (including phenoxy) is 2. The van der Waals surface area contributed by atoms with E-state index in [1.807, 2.05) is 24.3 Å². The molecule has 0 saturated carbocycles. The molecule has 1 atom stereocenters. The maximum absolute atomic E-state index is 11.9. The van der Waals surface area contributed by atoms with Crippen LogP contribution in [0.3, 0.4) is 0 Å². The highest BCUT2D eigenvalue weighted by molar-refractivity contribution is 5.85. The van der Waals surface area contributed by atoms with Crippen molar-refractivity contribution in [3.05, 3.63) is 57.6 Å². The molecule has 2 N–H and O–H groups in total. The lowest BCUT2D eigenvalue weighted by atomic mass is 9.99. The molecule has 160 valence electrons. The van der Waals surface area contributed by atoms with Crippen LogP contribution < -0.4 is 14.9 Å². The molecule has 2 rings (SSSR count). The fourth-order valence-electron chi connectivity index (χ4n) is 2.58. The summed E-state index contributed by atoms with van der Waals surface area (Å²) in [5, 5.41) is 24.7. The molecular weight excluding hydrogens is 390 g/mol. The van der Waals surface area contributed by atoms with Crippen molar-refractivity contribution in [3.63, 3.8) is 0 Å². The summed E-state index contributed by atoms with van der Waals surface area (Å²) in [4.78, 5) is 22.2. The number of amides is 1. The van der Waals surface area contributed by atoms with Crippen LogP contribution >= 0.6 is 0 Å². The second-order valence-electron chi connectivity index (χ2n) is 6.54. The average Bonchev–Trinajstić information content (AvgIpc) is 2.74. The number of nitro groups is 1. The number of carbonyl (C=O) groups excluding carboxylic acids is 1. The van der Waals surface area contributed by atoms with E-state index in [0.717, 1.165) is 12.5 Å². The minimum Gasteiger partial charge on any atom is -0.500 e. The fourth-order valence-corrected chi connectivity index (χ4v) is 2.58. The molecule has 9 nitrogen and oxygen atoms in total. The average molecular weight is 415 g/mol. The van der Waals surface area contributed by atoms with Crippen molar-refractivity contribution in [2.75, 3.05) is 13.2 Å². The van der Waals surface area contributed by atoms with Gasteiger partial charge in [-0.15, -0.1) is 0 Å². The number of phenolic OH excluding ortho intramolecular Hbond substituents is 1. The second kappa shape index (κ2) is 10.8. The van der Waals surface area contributed by atoms with E-state index in [9.17, 15) is 20.0 Å². The number of aromatic hydroxyl groups is 1. The quantitative estimate of drug-likeness (QED) is 0.346. The van der Waals surface area contributed by atoms with Crippen molar-refractivity contribution in [3.8, 4) is 17.2 Å². The third-order valence-electron chi connectivity index (χ3n) is 4.41. The molecule has 30 heavy (non-hydrogen) atoms. The number of nitrogens with one attached hydrogen (secondary N) is 1. The number of rotatable bonds is 10. The first kappa shape index (κ1) is 22.7. The van der Waals surface area contributed by atoms with Gasteiger partial charge in [-0.25, -0.2) is 5.43 Å². The molecule has 0 radical (unpaired) electrons. The Balaban J connectivity index is 1.95. The van der Waals surface area contributed by atoms with Gasteiger partial charge >= 0.3 is 5.69 Å². The van der Waals surface area contributed by atoms with Crippen LogP contribution in [0.25, 0.3) is 0 Å². The smallest absolute Gasteiger partial charge is 0.315 e. The minimum atomic E-state index is -0.728. The maximum atomic E-state index is 11.9. The van der Waals surface area contributed by atoms with Crippen molar-refractivity contribution < 1.29 is 24.3 Å². The summed E-state index contributed by atoms with van der Waals surface area (Å²) in [5.74, 6) is -0.0673. The lowest BCUT2D eigenvalue weighted by molar-refractivity contribution is -0.386. The molecule has 0 aliphatic rings. The monoisotopic (exact) mass is 415 g/mol. The first-order valence-electron chi connectivity index (χ1n) is 9.54. The van der Waals surface area contributed by atoms with Crippen molar-refractivity contribution in [1.29, 1.82) is 0 Å². The molecule has 0 aromatic heterocycles. The van der Waals surface area contributed by atoms with Gasteiger partial charge in [0.25, 0.3) is 5.91 Å². The largest absolute Gasteiger partial charge is 0.500 e. The van der Waals surface area contributed by atoms with Crippen LogP contribution in [0.1, 0.15) is 44.2 Å². The van der Waals surface area contributed by atoms with E-state index in [0.29, 0.717) is 11.7 Å². The number of hydrazone groups is 1. The Hall–Kier alpha value is -3.62. The molecule has 1 amide bonds. The lowest BCUT2D eigenvalue weighted by Crippen LogP contribution is -2.24. The SMILES string of the molecule is CCOc1cc(/C=N\NC(=O)COc2ccc([C@@H](C)CC)cc2)cc([N+](=O)[O-])c1O. The zero-order valence-corrected chi connectivity index (χ0v) is 17.1. The number of phenols is 1.